The van der Waals surface area contributed by atoms with Crippen LogP contribution in [0.15, 0.2) is 46.8 Å². The molecule has 1 atom stereocenters. The highest BCUT2D eigenvalue weighted by Gasteiger charge is 2.30. The van der Waals surface area contributed by atoms with Crippen molar-refractivity contribution < 1.29 is 35.9 Å². The molecule has 0 saturated heterocycles. The van der Waals surface area contributed by atoms with Crippen molar-refractivity contribution in [1.29, 1.82) is 0 Å². The molecule has 0 unspecified atom stereocenters. The first-order valence-corrected chi connectivity index (χ1v) is 12.9. The van der Waals surface area contributed by atoms with Gasteiger partial charge in [-0.3, -0.25) is 4.79 Å². The molecule has 2 N–H and O–H groups in total. The Bertz CT molecular complexity index is 1650. The third-order valence-electron chi connectivity index (χ3n) is 5.55. The maximum atomic E-state index is 14.7. The van der Waals surface area contributed by atoms with Gasteiger partial charge in [0.25, 0.3) is 0 Å². The number of carboxylic acid groups (broad SMARTS) is 1. The molecule has 0 aliphatic carbocycles. The molecule has 0 radical (unpaired) electrons. The number of nitrogens with one attached hydrogen (secondary N) is 1. The summed E-state index contributed by atoms with van der Waals surface area (Å²) in [6, 6.07) is 8.21. The maximum Gasteiger partial charge on any atom is 0.307 e. The second-order valence-electron chi connectivity index (χ2n) is 8.03. The van der Waals surface area contributed by atoms with Crippen molar-refractivity contribution in [2.75, 3.05) is 5.75 Å². The van der Waals surface area contributed by atoms with Crippen molar-refractivity contribution in [3.05, 3.63) is 87.4 Å². The van der Waals surface area contributed by atoms with Gasteiger partial charge in [0.15, 0.2) is 21.5 Å². The summed E-state index contributed by atoms with van der Waals surface area (Å²) in [5.74, 6) is -2.29. The Morgan fingerprint density at radius 1 is 1.03 bits per heavy atom. The van der Waals surface area contributed by atoms with Gasteiger partial charge in [0.2, 0.25) is 0 Å². The Morgan fingerprint density at radius 2 is 1.72 bits per heavy atom. The number of sulfone groups is 1. The van der Waals surface area contributed by atoms with E-state index in [9.17, 15) is 35.9 Å². The summed E-state index contributed by atoms with van der Waals surface area (Å²) in [5, 5.41) is 9.35. The summed E-state index contributed by atoms with van der Waals surface area (Å²) in [4.78, 5) is 14.7. The van der Waals surface area contributed by atoms with Gasteiger partial charge in [-0.05, 0) is 55.3 Å². The number of aliphatic carboxylic acids is 1. The van der Waals surface area contributed by atoms with Crippen LogP contribution in [0.25, 0.3) is 10.9 Å². The van der Waals surface area contributed by atoms with E-state index >= 15 is 0 Å². The number of halogens is 4. The standard InChI is InChI=1S/C25H17F4NO4S2/c1-13-21(27)20-15(11-30-24(20)23(29)22(13)28)10-16(25(31)32)12-36(33,34)19-9-8-18(35-19)7-4-14-2-5-17(26)6-3-14/h2-3,5-6,8-9,11,16,30H,10,12H2,1H3,(H,31,32)/t16-/m1/s1. The predicted octanol–water partition coefficient (Wildman–Crippen LogP) is 5.21. The lowest BCUT2D eigenvalue weighted by Gasteiger charge is -2.12. The lowest BCUT2D eigenvalue weighted by molar-refractivity contribution is -0.140. The average molecular weight is 536 g/mol. The highest BCUT2D eigenvalue weighted by Crippen LogP contribution is 2.32. The van der Waals surface area contributed by atoms with Gasteiger partial charge in [0.05, 0.1) is 22.1 Å². The molecule has 186 valence electrons. The highest BCUT2D eigenvalue weighted by atomic mass is 32.2. The van der Waals surface area contributed by atoms with Crippen LogP contribution in [0.3, 0.4) is 0 Å². The number of aromatic amines is 1. The van der Waals surface area contributed by atoms with Crippen LogP contribution in [0.4, 0.5) is 17.6 Å². The minimum absolute atomic E-state index is 0.0177. The SMILES string of the molecule is Cc1c(F)c(F)c2[nH]cc(C[C@H](CS(=O)(=O)c3ccc(C#Cc4ccc(F)cc4)s3)C(=O)O)c2c1F. The van der Waals surface area contributed by atoms with Crippen LogP contribution in [-0.2, 0) is 21.1 Å². The molecule has 0 spiro atoms. The fourth-order valence-corrected chi connectivity index (χ4v) is 6.46. The van der Waals surface area contributed by atoms with E-state index < -0.39 is 68.2 Å². The van der Waals surface area contributed by atoms with E-state index in [2.05, 4.69) is 16.8 Å². The van der Waals surface area contributed by atoms with Gasteiger partial charge >= 0.3 is 5.97 Å². The number of rotatable bonds is 6. The van der Waals surface area contributed by atoms with Gasteiger partial charge in [-0.2, -0.15) is 0 Å². The molecule has 0 aliphatic heterocycles. The van der Waals surface area contributed by atoms with E-state index in [-0.39, 0.29) is 15.2 Å². The van der Waals surface area contributed by atoms with Crippen LogP contribution >= 0.6 is 11.3 Å². The number of benzene rings is 2. The molecule has 11 heteroatoms. The number of carboxylic acids is 1. The molecule has 2 aromatic heterocycles. The molecule has 0 bridgehead atoms. The van der Waals surface area contributed by atoms with Crippen molar-refractivity contribution in [3.8, 4) is 11.8 Å². The second kappa shape index (κ2) is 9.79. The van der Waals surface area contributed by atoms with Crippen LogP contribution in [0.2, 0.25) is 0 Å². The van der Waals surface area contributed by atoms with Crippen LogP contribution in [0, 0.1) is 48.0 Å². The summed E-state index contributed by atoms with van der Waals surface area (Å²) in [7, 11) is -4.08. The Hall–Kier alpha value is -3.62. The van der Waals surface area contributed by atoms with E-state index in [0.29, 0.717) is 10.4 Å². The molecule has 5 nitrogen and oxygen atoms in total. The number of aromatic nitrogens is 1. The number of fused-ring (bicyclic) bond motifs is 1. The van der Waals surface area contributed by atoms with Gasteiger partial charge in [-0.25, -0.2) is 26.0 Å². The largest absolute Gasteiger partial charge is 0.481 e. The topological polar surface area (TPSA) is 87.2 Å². The minimum atomic E-state index is -4.08. The molecule has 2 aromatic carbocycles. The van der Waals surface area contributed by atoms with Crippen LogP contribution in [0.1, 0.15) is 21.6 Å². The molecular weight excluding hydrogens is 518 g/mol. The summed E-state index contributed by atoms with van der Waals surface area (Å²) >= 11 is 0.848. The first-order valence-electron chi connectivity index (χ1n) is 10.4. The molecule has 0 fully saturated rings. The van der Waals surface area contributed by atoms with Crippen molar-refractivity contribution >= 4 is 38.0 Å². The number of hydrogen-bond acceptors (Lipinski definition) is 4. The van der Waals surface area contributed by atoms with E-state index in [0.717, 1.165) is 24.5 Å². The Kier molecular flexibility index (Phi) is 6.93. The fraction of sp³-hybridized carbons (Fsp3) is 0.160. The smallest absolute Gasteiger partial charge is 0.307 e. The third kappa shape index (κ3) is 5.01. The van der Waals surface area contributed by atoms with E-state index in [1.54, 1.807) is 0 Å². The highest BCUT2D eigenvalue weighted by molar-refractivity contribution is 7.93. The Labute approximate surface area is 207 Å². The quantitative estimate of drug-likeness (QED) is 0.202. The number of thiophene rings is 1. The van der Waals surface area contributed by atoms with E-state index in [4.69, 9.17) is 0 Å². The van der Waals surface area contributed by atoms with Gasteiger partial charge in [0.1, 0.15) is 15.8 Å². The molecule has 0 aliphatic rings. The average Bonchev–Trinajstić information content (AvgIpc) is 3.48. The van der Waals surface area contributed by atoms with Gasteiger partial charge in [0, 0.05) is 22.7 Å². The summed E-state index contributed by atoms with van der Waals surface area (Å²) in [6.07, 6.45) is 0.713. The molecule has 2 heterocycles. The zero-order valence-electron chi connectivity index (χ0n) is 18.5. The molecule has 0 amide bonds. The zero-order chi connectivity index (χ0) is 26.2. The Balaban J connectivity index is 1.58. The lowest BCUT2D eigenvalue weighted by Crippen LogP contribution is -2.25. The number of H-pyrrole nitrogens is 1. The second-order valence-corrected chi connectivity index (χ2v) is 11.4. The van der Waals surface area contributed by atoms with E-state index in [1.165, 1.54) is 36.4 Å². The van der Waals surface area contributed by atoms with Crippen molar-refractivity contribution in [1.82, 2.24) is 4.98 Å². The molecule has 4 aromatic rings. The summed E-state index contributed by atoms with van der Waals surface area (Å²) < 4.78 is 81.6. The monoisotopic (exact) mass is 535 g/mol. The number of carbonyl (C=O) groups is 1. The van der Waals surface area contributed by atoms with E-state index in [1.807, 2.05) is 0 Å². The molecule has 36 heavy (non-hydrogen) atoms. The summed E-state index contributed by atoms with van der Waals surface area (Å²) in [5.41, 5.74) is -0.477. The van der Waals surface area contributed by atoms with Gasteiger partial charge < -0.3 is 10.1 Å². The fourth-order valence-electron chi connectivity index (χ4n) is 3.66. The first kappa shape index (κ1) is 25.5. The van der Waals surface area contributed by atoms with Crippen molar-refractivity contribution in [2.45, 2.75) is 17.6 Å². The van der Waals surface area contributed by atoms with Gasteiger partial charge in [-0.15, -0.1) is 11.3 Å². The Morgan fingerprint density at radius 3 is 2.39 bits per heavy atom. The normalized spacial score (nSPS) is 12.4. The van der Waals surface area contributed by atoms with Crippen LogP contribution in [0.5, 0.6) is 0 Å². The zero-order valence-corrected chi connectivity index (χ0v) is 20.2. The molecule has 0 saturated carbocycles. The first-order chi connectivity index (χ1) is 17.0. The molecular formula is C25H17F4NO4S2. The number of hydrogen-bond donors (Lipinski definition) is 2. The van der Waals surface area contributed by atoms with Crippen molar-refractivity contribution in [3.63, 3.8) is 0 Å². The van der Waals surface area contributed by atoms with Gasteiger partial charge in [-0.1, -0.05) is 11.8 Å². The predicted molar refractivity (Wildman–Crippen MR) is 126 cm³/mol. The van der Waals surface area contributed by atoms with Crippen molar-refractivity contribution in [2.24, 2.45) is 5.92 Å². The maximum absolute atomic E-state index is 14.7. The van der Waals surface area contributed by atoms with Crippen LogP contribution in [-0.4, -0.2) is 30.2 Å². The summed E-state index contributed by atoms with van der Waals surface area (Å²) in [6.45, 7) is 1.05. The molecule has 4 rings (SSSR count). The van der Waals surface area contributed by atoms with Crippen LogP contribution < -0.4 is 0 Å². The minimum Gasteiger partial charge on any atom is -0.481 e. The lowest BCUT2D eigenvalue weighted by atomic mass is 9.99. The third-order valence-corrected chi connectivity index (χ3v) is 8.95.